The fraction of sp³-hybridized carbons (Fsp3) is 0.0769. The molecule has 0 saturated carbocycles. The monoisotopic (exact) mass is 264 g/mol. The van der Waals surface area contributed by atoms with E-state index in [1.165, 1.54) is 0 Å². The van der Waals surface area contributed by atoms with Crippen molar-refractivity contribution in [3.05, 3.63) is 71.8 Å². The Morgan fingerprint density at radius 2 is 1.24 bits per heavy atom. The van der Waals surface area contributed by atoms with Gasteiger partial charge in [0.2, 0.25) is 0 Å². The molecule has 0 aliphatic carbocycles. The van der Waals surface area contributed by atoms with E-state index in [1.807, 2.05) is 60.7 Å². The van der Waals surface area contributed by atoms with Crippen molar-refractivity contribution in [3.8, 4) is 0 Å². The molecule has 0 spiro atoms. The van der Waals surface area contributed by atoms with Crippen molar-refractivity contribution in [1.82, 2.24) is 0 Å². The largest absolute Gasteiger partial charge is 0.305 e. The minimum Gasteiger partial charge on any atom is -0.305 e. The third-order valence-corrected chi connectivity index (χ3v) is 4.22. The molecule has 1 unspecified atom stereocenters. The first-order valence-corrected chi connectivity index (χ1v) is 7.65. The molecule has 0 amide bonds. The molecule has 0 heterocycles. The zero-order valence-electron chi connectivity index (χ0n) is 9.02. The standard InChI is InChI=1S/C13H12O2S2/c14-17(15,16)13(11-7-3-1-4-8-11)12-9-5-2-6-10-12/h1-10,13H,(H,14,15,16). The van der Waals surface area contributed by atoms with Crippen molar-refractivity contribution in [2.45, 2.75) is 5.25 Å². The van der Waals surface area contributed by atoms with Crippen molar-refractivity contribution >= 4 is 20.0 Å². The van der Waals surface area contributed by atoms with Crippen molar-refractivity contribution in [3.63, 3.8) is 0 Å². The maximum absolute atomic E-state index is 11.9. The van der Waals surface area contributed by atoms with E-state index in [0.29, 0.717) is 0 Å². The molecule has 17 heavy (non-hydrogen) atoms. The number of benzene rings is 2. The zero-order valence-corrected chi connectivity index (χ0v) is 10.7. The van der Waals surface area contributed by atoms with E-state index in [9.17, 15) is 8.76 Å². The maximum atomic E-state index is 11.9. The summed E-state index contributed by atoms with van der Waals surface area (Å²) in [6.07, 6.45) is 0. The summed E-state index contributed by atoms with van der Waals surface area (Å²) >= 11 is 4.75. The third kappa shape index (κ3) is 2.91. The maximum Gasteiger partial charge on any atom is 0.153 e. The molecule has 2 aromatic carbocycles. The van der Waals surface area contributed by atoms with Crippen molar-refractivity contribution in [2.75, 3.05) is 0 Å². The second kappa shape index (κ2) is 4.96. The van der Waals surface area contributed by atoms with Crippen LogP contribution in [0.15, 0.2) is 60.7 Å². The lowest BCUT2D eigenvalue weighted by molar-refractivity contribution is 0.554. The van der Waals surface area contributed by atoms with Crippen LogP contribution in [0.5, 0.6) is 0 Å². The minimum absolute atomic E-state index is 0.653. The third-order valence-electron chi connectivity index (χ3n) is 2.50. The fourth-order valence-electron chi connectivity index (χ4n) is 1.79. The highest BCUT2D eigenvalue weighted by Crippen LogP contribution is 2.29. The van der Waals surface area contributed by atoms with E-state index in [2.05, 4.69) is 0 Å². The van der Waals surface area contributed by atoms with E-state index in [0.717, 1.165) is 11.1 Å². The van der Waals surface area contributed by atoms with E-state index in [1.54, 1.807) is 0 Å². The lowest BCUT2D eigenvalue weighted by Gasteiger charge is -2.16. The first-order chi connectivity index (χ1) is 8.09. The normalized spacial score (nSPS) is 14.5. The molecular weight excluding hydrogens is 252 g/mol. The Kier molecular flexibility index (Phi) is 3.57. The van der Waals surface area contributed by atoms with E-state index >= 15 is 0 Å². The summed E-state index contributed by atoms with van der Waals surface area (Å²) in [7, 11) is -3.34. The van der Waals surface area contributed by atoms with Crippen molar-refractivity contribution in [1.29, 1.82) is 0 Å². The van der Waals surface area contributed by atoms with Gasteiger partial charge in [-0.15, -0.1) is 0 Å². The Morgan fingerprint density at radius 1 is 0.882 bits per heavy atom. The van der Waals surface area contributed by atoms with Crippen molar-refractivity contribution in [2.24, 2.45) is 0 Å². The van der Waals surface area contributed by atoms with Gasteiger partial charge >= 0.3 is 0 Å². The summed E-state index contributed by atoms with van der Waals surface area (Å²) in [6, 6.07) is 18.4. The van der Waals surface area contributed by atoms with Gasteiger partial charge in [-0.25, -0.2) is 4.21 Å². The van der Waals surface area contributed by atoms with E-state index < -0.39 is 14.0 Å². The Hall–Kier alpha value is -1.23. The Labute approximate surface area is 106 Å². The summed E-state index contributed by atoms with van der Waals surface area (Å²) in [4.78, 5) is 0. The molecule has 0 bridgehead atoms. The van der Waals surface area contributed by atoms with Crippen LogP contribution in [0, 0.1) is 0 Å². The summed E-state index contributed by atoms with van der Waals surface area (Å²) in [5.41, 5.74) is 1.53. The fourth-order valence-corrected chi connectivity index (χ4v) is 3.46. The number of hydrogen-bond donors (Lipinski definition) is 1. The van der Waals surface area contributed by atoms with Gasteiger partial charge in [-0.2, -0.15) is 0 Å². The Bertz CT molecular complexity index is 538. The molecule has 2 aromatic rings. The molecule has 1 N–H and O–H groups in total. The molecule has 0 aromatic heterocycles. The first kappa shape index (κ1) is 12.2. The zero-order chi connectivity index (χ0) is 12.3. The SMILES string of the molecule is O=S(O)(=S)C(c1ccccc1)c1ccccc1. The molecule has 88 valence electrons. The van der Waals surface area contributed by atoms with Crippen LogP contribution in [-0.4, -0.2) is 8.76 Å². The molecule has 0 saturated heterocycles. The second-order valence-electron chi connectivity index (χ2n) is 3.72. The first-order valence-electron chi connectivity index (χ1n) is 5.15. The summed E-state index contributed by atoms with van der Waals surface area (Å²) in [5.74, 6) is 0. The highest BCUT2D eigenvalue weighted by Gasteiger charge is 2.23. The van der Waals surface area contributed by atoms with Crippen LogP contribution in [0.2, 0.25) is 0 Å². The highest BCUT2D eigenvalue weighted by molar-refractivity contribution is 8.29. The Morgan fingerprint density at radius 3 is 1.53 bits per heavy atom. The van der Waals surface area contributed by atoms with Crippen LogP contribution in [0.3, 0.4) is 0 Å². The van der Waals surface area contributed by atoms with Crippen molar-refractivity contribution < 1.29 is 8.76 Å². The van der Waals surface area contributed by atoms with Gasteiger partial charge in [-0.3, -0.25) is 0 Å². The molecule has 0 aliphatic heterocycles. The van der Waals surface area contributed by atoms with E-state index in [4.69, 9.17) is 11.2 Å². The predicted octanol–water partition coefficient (Wildman–Crippen LogP) is 3.00. The lowest BCUT2D eigenvalue weighted by Crippen LogP contribution is -2.12. The summed E-state index contributed by atoms with van der Waals surface area (Å²) < 4.78 is 21.6. The van der Waals surface area contributed by atoms with Gasteiger partial charge in [0.1, 0.15) is 5.25 Å². The van der Waals surface area contributed by atoms with Gasteiger partial charge in [-0.1, -0.05) is 60.7 Å². The topological polar surface area (TPSA) is 37.3 Å². The van der Waals surface area contributed by atoms with Gasteiger partial charge in [-0.05, 0) is 11.1 Å². The molecule has 0 aliphatic rings. The van der Waals surface area contributed by atoms with Crippen LogP contribution in [0.1, 0.15) is 16.4 Å². The smallest absolute Gasteiger partial charge is 0.153 e. The highest BCUT2D eigenvalue weighted by atomic mass is 32.8. The van der Waals surface area contributed by atoms with Crippen LogP contribution in [0.4, 0.5) is 0 Å². The lowest BCUT2D eigenvalue weighted by atomic mass is 10.0. The van der Waals surface area contributed by atoms with Gasteiger partial charge in [0.25, 0.3) is 0 Å². The van der Waals surface area contributed by atoms with Crippen LogP contribution < -0.4 is 0 Å². The van der Waals surface area contributed by atoms with Gasteiger partial charge in [0.05, 0.1) is 0 Å². The molecular formula is C13H12O2S2. The average molecular weight is 264 g/mol. The van der Waals surface area contributed by atoms with Crippen LogP contribution >= 0.6 is 0 Å². The number of rotatable bonds is 3. The average Bonchev–Trinajstić information content (AvgIpc) is 2.30. The van der Waals surface area contributed by atoms with Crippen LogP contribution in [0.25, 0.3) is 0 Å². The molecule has 0 radical (unpaired) electrons. The molecule has 2 rings (SSSR count). The van der Waals surface area contributed by atoms with Gasteiger partial charge < -0.3 is 4.55 Å². The van der Waals surface area contributed by atoms with Gasteiger partial charge in [0.15, 0.2) is 8.77 Å². The second-order valence-corrected chi connectivity index (χ2v) is 6.65. The van der Waals surface area contributed by atoms with Crippen LogP contribution in [-0.2, 0) is 20.0 Å². The quantitative estimate of drug-likeness (QED) is 0.926. The van der Waals surface area contributed by atoms with E-state index in [-0.39, 0.29) is 0 Å². The summed E-state index contributed by atoms with van der Waals surface area (Å²) in [5, 5.41) is -0.653. The number of hydrogen-bond acceptors (Lipinski definition) is 2. The minimum atomic E-state index is -3.34. The predicted molar refractivity (Wildman–Crippen MR) is 72.9 cm³/mol. The Balaban J connectivity index is 2.56. The molecule has 0 fully saturated rings. The summed E-state index contributed by atoms with van der Waals surface area (Å²) in [6.45, 7) is 0. The molecule has 4 heteroatoms. The molecule has 2 nitrogen and oxygen atoms in total. The molecule has 1 atom stereocenters. The van der Waals surface area contributed by atoms with Gasteiger partial charge in [0, 0.05) is 11.2 Å².